The number of H-pyrrole nitrogens is 1. The lowest BCUT2D eigenvalue weighted by atomic mass is 10.1. The van der Waals surface area contributed by atoms with E-state index in [9.17, 15) is 21.6 Å². The van der Waals surface area contributed by atoms with E-state index in [4.69, 9.17) is 16.9 Å². The van der Waals surface area contributed by atoms with Crippen LogP contribution in [0.3, 0.4) is 0 Å². The number of nitrogens with one attached hydrogen (secondary N) is 2. The van der Waals surface area contributed by atoms with E-state index in [1.807, 2.05) is 4.72 Å². The molecule has 27 heavy (non-hydrogen) atoms. The Bertz CT molecular complexity index is 1190. The van der Waals surface area contributed by atoms with E-state index in [1.54, 1.807) is 0 Å². The number of nitriles is 1. The van der Waals surface area contributed by atoms with Gasteiger partial charge in [0.1, 0.15) is 28.4 Å². The van der Waals surface area contributed by atoms with Crippen molar-refractivity contribution >= 4 is 27.3 Å². The molecule has 3 rings (SSSR count). The Kier molecular flexibility index (Phi) is 4.87. The highest BCUT2D eigenvalue weighted by molar-refractivity contribution is 7.92. The Morgan fingerprint density at radius 2 is 1.78 bits per heavy atom. The van der Waals surface area contributed by atoms with Crippen molar-refractivity contribution < 1.29 is 21.6 Å². The van der Waals surface area contributed by atoms with Crippen molar-refractivity contribution in [2.24, 2.45) is 0 Å². The second-order valence-electron chi connectivity index (χ2n) is 5.41. The minimum atomic E-state index is -4.26. The fourth-order valence-corrected chi connectivity index (χ4v) is 3.51. The van der Waals surface area contributed by atoms with Crippen LogP contribution in [0, 0.1) is 28.8 Å². The normalized spacial score (nSPS) is 11.2. The summed E-state index contributed by atoms with van der Waals surface area (Å²) in [5.41, 5.74) is -0.436. The van der Waals surface area contributed by atoms with Gasteiger partial charge in [-0.2, -0.15) is 5.26 Å². The molecule has 3 aromatic rings. The van der Waals surface area contributed by atoms with E-state index < -0.39 is 38.7 Å². The first-order valence-corrected chi connectivity index (χ1v) is 9.13. The third-order valence-electron chi connectivity index (χ3n) is 3.62. The van der Waals surface area contributed by atoms with E-state index in [0.717, 1.165) is 12.3 Å². The lowest BCUT2D eigenvalue weighted by molar-refractivity contribution is 0.593. The maximum Gasteiger partial charge on any atom is 0.263 e. The molecule has 0 radical (unpaired) electrons. The molecule has 5 nitrogen and oxygen atoms in total. The molecule has 0 saturated carbocycles. The monoisotopic (exact) mass is 411 g/mol. The van der Waals surface area contributed by atoms with E-state index in [2.05, 4.69) is 4.98 Å². The SMILES string of the molecule is N#Cc1cc(F)c(NS(=O)(=O)c2c[nH]c(-c3ccc(F)c(Cl)c3)c2)cc1F. The van der Waals surface area contributed by atoms with Gasteiger partial charge in [0.2, 0.25) is 0 Å². The van der Waals surface area contributed by atoms with Crippen LogP contribution in [0.4, 0.5) is 18.9 Å². The van der Waals surface area contributed by atoms with E-state index in [-0.39, 0.29) is 9.92 Å². The highest BCUT2D eigenvalue weighted by atomic mass is 35.5. The van der Waals surface area contributed by atoms with E-state index >= 15 is 0 Å². The van der Waals surface area contributed by atoms with Gasteiger partial charge in [-0.15, -0.1) is 0 Å². The first kappa shape index (κ1) is 18.8. The second kappa shape index (κ2) is 6.98. The Morgan fingerprint density at radius 3 is 2.44 bits per heavy atom. The van der Waals surface area contributed by atoms with Crippen molar-refractivity contribution in [3.63, 3.8) is 0 Å². The fraction of sp³-hybridized carbons (Fsp3) is 0. The summed E-state index contributed by atoms with van der Waals surface area (Å²) in [6.45, 7) is 0. The number of hydrogen-bond acceptors (Lipinski definition) is 3. The molecule has 0 aliphatic rings. The molecule has 0 atom stereocenters. The molecule has 1 heterocycles. The molecule has 0 fully saturated rings. The summed E-state index contributed by atoms with van der Waals surface area (Å²) >= 11 is 5.71. The van der Waals surface area contributed by atoms with Gasteiger partial charge >= 0.3 is 0 Å². The van der Waals surface area contributed by atoms with Gasteiger partial charge in [-0.25, -0.2) is 21.6 Å². The summed E-state index contributed by atoms with van der Waals surface area (Å²) in [6.07, 6.45) is 1.13. The summed E-state index contributed by atoms with van der Waals surface area (Å²) in [7, 11) is -4.26. The fourth-order valence-electron chi connectivity index (χ4n) is 2.27. The highest BCUT2D eigenvalue weighted by Crippen LogP contribution is 2.27. The lowest BCUT2D eigenvalue weighted by Crippen LogP contribution is -2.13. The van der Waals surface area contributed by atoms with Crippen LogP contribution in [0.15, 0.2) is 47.5 Å². The summed E-state index contributed by atoms with van der Waals surface area (Å²) in [6, 6.07) is 7.68. The van der Waals surface area contributed by atoms with E-state index in [1.165, 1.54) is 24.3 Å². The first-order chi connectivity index (χ1) is 12.7. The number of rotatable bonds is 4. The number of hydrogen-bond donors (Lipinski definition) is 2. The molecule has 0 aliphatic heterocycles. The van der Waals surface area contributed by atoms with Crippen LogP contribution in [0.5, 0.6) is 0 Å². The Labute approximate surface area is 157 Å². The lowest BCUT2D eigenvalue weighted by Gasteiger charge is -2.08. The summed E-state index contributed by atoms with van der Waals surface area (Å²) in [5.74, 6) is -2.79. The molecule has 0 spiro atoms. The predicted octanol–water partition coefficient (Wildman–Crippen LogP) is 4.42. The maximum atomic E-state index is 13.9. The van der Waals surface area contributed by atoms with Crippen molar-refractivity contribution in [3.8, 4) is 17.3 Å². The van der Waals surface area contributed by atoms with Crippen LogP contribution < -0.4 is 4.72 Å². The molecule has 138 valence electrons. The molecular formula is C17H9ClF3N3O2S. The van der Waals surface area contributed by atoms with Crippen molar-refractivity contribution in [3.05, 3.63) is 70.6 Å². The first-order valence-electron chi connectivity index (χ1n) is 7.27. The Balaban J connectivity index is 1.93. The van der Waals surface area contributed by atoms with Crippen LogP contribution >= 0.6 is 11.6 Å². The smallest absolute Gasteiger partial charge is 0.263 e. The summed E-state index contributed by atoms with van der Waals surface area (Å²) < 4.78 is 67.5. The van der Waals surface area contributed by atoms with Crippen molar-refractivity contribution in [1.82, 2.24) is 4.98 Å². The number of aromatic nitrogens is 1. The average Bonchev–Trinajstić information content (AvgIpc) is 3.11. The minimum absolute atomic E-state index is 0.139. The maximum absolute atomic E-state index is 13.9. The van der Waals surface area contributed by atoms with Crippen molar-refractivity contribution in [2.75, 3.05) is 4.72 Å². The number of benzene rings is 2. The van der Waals surface area contributed by atoms with Gasteiger partial charge in [-0.3, -0.25) is 4.72 Å². The minimum Gasteiger partial charge on any atom is -0.360 e. The zero-order chi connectivity index (χ0) is 19.8. The molecule has 2 aromatic carbocycles. The molecule has 10 heteroatoms. The van der Waals surface area contributed by atoms with Gasteiger partial charge in [0.25, 0.3) is 10.0 Å². The van der Waals surface area contributed by atoms with Gasteiger partial charge in [-0.05, 0) is 35.9 Å². The highest BCUT2D eigenvalue weighted by Gasteiger charge is 2.20. The molecular weight excluding hydrogens is 403 g/mol. The van der Waals surface area contributed by atoms with Gasteiger partial charge in [0.05, 0.1) is 16.3 Å². The number of aromatic amines is 1. The zero-order valence-electron chi connectivity index (χ0n) is 13.2. The van der Waals surface area contributed by atoms with E-state index in [0.29, 0.717) is 23.4 Å². The third-order valence-corrected chi connectivity index (χ3v) is 5.25. The Morgan fingerprint density at radius 1 is 1.04 bits per heavy atom. The second-order valence-corrected chi connectivity index (χ2v) is 7.50. The van der Waals surface area contributed by atoms with Crippen molar-refractivity contribution in [1.29, 1.82) is 5.26 Å². The zero-order valence-corrected chi connectivity index (χ0v) is 14.8. The number of nitrogens with zero attached hydrogens (tertiary/aromatic N) is 1. The number of anilines is 1. The molecule has 1 aromatic heterocycles. The molecule has 0 bridgehead atoms. The third kappa shape index (κ3) is 3.77. The van der Waals surface area contributed by atoms with Gasteiger partial charge in [0.15, 0.2) is 0 Å². The van der Waals surface area contributed by atoms with Gasteiger partial charge in [-0.1, -0.05) is 11.6 Å². The van der Waals surface area contributed by atoms with Crippen LogP contribution in [0.2, 0.25) is 5.02 Å². The molecule has 0 unspecified atom stereocenters. The standard InChI is InChI=1S/C17H9ClF3N3O2S/c18-12-3-9(1-2-13(12)19)16-5-11(8-23-16)27(25,26)24-17-6-14(20)10(7-22)4-15(17)21/h1-6,8,23-24H. The average molecular weight is 412 g/mol. The van der Waals surface area contributed by atoms with Gasteiger partial charge < -0.3 is 4.98 Å². The quantitative estimate of drug-likeness (QED) is 0.666. The van der Waals surface area contributed by atoms with Gasteiger partial charge in [0, 0.05) is 18.0 Å². The Hall–Kier alpha value is -2.96. The largest absolute Gasteiger partial charge is 0.360 e. The number of sulfonamides is 1. The van der Waals surface area contributed by atoms with Crippen LogP contribution in [0.1, 0.15) is 5.56 Å². The topological polar surface area (TPSA) is 85.8 Å². The van der Waals surface area contributed by atoms with Crippen LogP contribution in [-0.4, -0.2) is 13.4 Å². The molecule has 0 saturated heterocycles. The number of halogens is 4. The van der Waals surface area contributed by atoms with Crippen LogP contribution in [-0.2, 0) is 10.0 Å². The molecule has 2 N–H and O–H groups in total. The molecule has 0 aliphatic carbocycles. The summed E-state index contributed by atoms with van der Waals surface area (Å²) in [4.78, 5) is 2.43. The van der Waals surface area contributed by atoms with Crippen molar-refractivity contribution in [2.45, 2.75) is 4.90 Å². The molecule has 0 amide bonds. The summed E-state index contributed by atoms with van der Waals surface area (Å²) in [5, 5.41) is 8.52. The predicted molar refractivity (Wildman–Crippen MR) is 93.1 cm³/mol. The van der Waals surface area contributed by atoms with Crippen LogP contribution in [0.25, 0.3) is 11.3 Å².